The van der Waals surface area contributed by atoms with E-state index in [2.05, 4.69) is 32.6 Å². The summed E-state index contributed by atoms with van der Waals surface area (Å²) in [5, 5.41) is 0. The first-order valence-corrected chi connectivity index (χ1v) is 7.62. The topological polar surface area (TPSA) is 3.24 Å². The molecule has 0 aromatic carbocycles. The molecular formula is C16H29N. The third kappa shape index (κ3) is 1.77. The Labute approximate surface area is 107 Å². The van der Waals surface area contributed by atoms with E-state index in [1.807, 2.05) is 0 Å². The maximum Gasteiger partial charge on any atom is 0.0158 e. The highest BCUT2D eigenvalue weighted by Gasteiger charge is 2.55. The van der Waals surface area contributed by atoms with Crippen LogP contribution in [0.1, 0.15) is 72.6 Å². The van der Waals surface area contributed by atoms with Gasteiger partial charge >= 0.3 is 0 Å². The molecule has 3 fully saturated rings. The van der Waals surface area contributed by atoms with Crippen LogP contribution in [-0.4, -0.2) is 23.0 Å². The monoisotopic (exact) mass is 235 g/mol. The number of rotatable bonds is 0. The summed E-state index contributed by atoms with van der Waals surface area (Å²) in [6.45, 7) is 11.4. The lowest BCUT2D eigenvalue weighted by Gasteiger charge is -2.52. The predicted molar refractivity (Wildman–Crippen MR) is 73.1 cm³/mol. The van der Waals surface area contributed by atoms with Gasteiger partial charge in [0, 0.05) is 18.1 Å². The Morgan fingerprint density at radius 2 is 1.53 bits per heavy atom. The van der Waals surface area contributed by atoms with Crippen molar-refractivity contribution in [2.75, 3.05) is 6.54 Å². The molecule has 3 rings (SSSR count). The van der Waals surface area contributed by atoms with Crippen molar-refractivity contribution in [3.8, 4) is 0 Å². The predicted octanol–water partition coefficient (Wildman–Crippen LogP) is 4.22. The normalized spacial score (nSPS) is 38.5. The Morgan fingerprint density at radius 1 is 0.882 bits per heavy atom. The van der Waals surface area contributed by atoms with E-state index in [-0.39, 0.29) is 0 Å². The first kappa shape index (κ1) is 12.0. The molecule has 1 saturated carbocycles. The van der Waals surface area contributed by atoms with E-state index in [1.54, 1.807) is 0 Å². The van der Waals surface area contributed by atoms with Gasteiger partial charge in [0.2, 0.25) is 0 Å². The first-order valence-electron chi connectivity index (χ1n) is 7.62. The molecule has 2 heterocycles. The summed E-state index contributed by atoms with van der Waals surface area (Å²) >= 11 is 0. The highest BCUT2D eigenvalue weighted by Crippen LogP contribution is 2.56. The van der Waals surface area contributed by atoms with E-state index in [4.69, 9.17) is 0 Å². The molecule has 1 aliphatic carbocycles. The van der Waals surface area contributed by atoms with E-state index in [9.17, 15) is 0 Å². The SMILES string of the molecule is CC1(C)CCC(C)(C)N2CC3(CCCC3)CC21. The van der Waals surface area contributed by atoms with Crippen LogP contribution in [-0.2, 0) is 0 Å². The van der Waals surface area contributed by atoms with Gasteiger partial charge in [-0.2, -0.15) is 0 Å². The maximum absolute atomic E-state index is 2.89. The molecule has 0 bridgehead atoms. The van der Waals surface area contributed by atoms with Gasteiger partial charge in [-0.25, -0.2) is 0 Å². The number of hydrogen-bond acceptors (Lipinski definition) is 1. The minimum absolute atomic E-state index is 0.451. The minimum atomic E-state index is 0.451. The van der Waals surface area contributed by atoms with Crippen molar-refractivity contribution in [1.29, 1.82) is 0 Å². The summed E-state index contributed by atoms with van der Waals surface area (Å²) in [6, 6.07) is 0.851. The molecule has 98 valence electrons. The molecule has 1 heteroatoms. The zero-order valence-electron chi connectivity index (χ0n) is 12.2. The Kier molecular flexibility index (Phi) is 2.47. The van der Waals surface area contributed by atoms with Crippen molar-refractivity contribution in [2.24, 2.45) is 10.8 Å². The van der Waals surface area contributed by atoms with Crippen LogP contribution in [0.3, 0.4) is 0 Å². The standard InChI is InChI=1S/C16H29N/c1-14(2)9-10-15(3,4)17-12-16(11-13(14)17)7-5-6-8-16/h13H,5-12H2,1-4H3. The molecule has 1 atom stereocenters. The van der Waals surface area contributed by atoms with E-state index in [0.29, 0.717) is 16.4 Å². The summed E-state index contributed by atoms with van der Waals surface area (Å²) in [6.07, 6.45) is 10.3. The van der Waals surface area contributed by atoms with Crippen molar-refractivity contribution in [3.05, 3.63) is 0 Å². The van der Waals surface area contributed by atoms with Crippen LogP contribution in [0.2, 0.25) is 0 Å². The van der Waals surface area contributed by atoms with E-state index < -0.39 is 0 Å². The van der Waals surface area contributed by atoms with E-state index in [1.165, 1.54) is 51.5 Å². The Balaban J connectivity index is 1.90. The van der Waals surface area contributed by atoms with Crippen LogP contribution in [0.25, 0.3) is 0 Å². The molecule has 17 heavy (non-hydrogen) atoms. The van der Waals surface area contributed by atoms with Gasteiger partial charge in [-0.05, 0) is 56.8 Å². The largest absolute Gasteiger partial charge is 0.294 e. The second-order valence-electron chi connectivity index (χ2n) is 8.36. The van der Waals surface area contributed by atoms with E-state index >= 15 is 0 Å². The molecule has 0 amide bonds. The Hall–Kier alpha value is -0.0400. The minimum Gasteiger partial charge on any atom is -0.294 e. The van der Waals surface area contributed by atoms with Gasteiger partial charge in [0.1, 0.15) is 0 Å². The highest BCUT2D eigenvalue weighted by atomic mass is 15.3. The van der Waals surface area contributed by atoms with Crippen LogP contribution in [0.5, 0.6) is 0 Å². The summed E-state index contributed by atoms with van der Waals surface area (Å²) < 4.78 is 0. The van der Waals surface area contributed by atoms with Gasteiger partial charge in [0.05, 0.1) is 0 Å². The number of nitrogens with zero attached hydrogens (tertiary/aromatic N) is 1. The lowest BCUT2D eigenvalue weighted by atomic mass is 9.69. The van der Waals surface area contributed by atoms with Gasteiger partial charge in [-0.3, -0.25) is 4.90 Å². The maximum atomic E-state index is 2.89. The summed E-state index contributed by atoms with van der Waals surface area (Å²) in [5.41, 5.74) is 1.71. The Morgan fingerprint density at radius 3 is 2.12 bits per heavy atom. The van der Waals surface area contributed by atoms with Gasteiger partial charge in [0.25, 0.3) is 0 Å². The number of fused-ring (bicyclic) bond motifs is 1. The van der Waals surface area contributed by atoms with Crippen molar-refractivity contribution >= 4 is 0 Å². The number of piperidine rings is 1. The van der Waals surface area contributed by atoms with Crippen molar-refractivity contribution in [2.45, 2.75) is 84.2 Å². The molecule has 1 spiro atoms. The first-order chi connectivity index (χ1) is 7.85. The highest BCUT2D eigenvalue weighted by molar-refractivity contribution is 5.09. The third-order valence-electron chi connectivity index (χ3n) is 6.23. The van der Waals surface area contributed by atoms with Gasteiger partial charge in [0.15, 0.2) is 0 Å². The van der Waals surface area contributed by atoms with Crippen molar-refractivity contribution in [1.82, 2.24) is 4.90 Å². The molecule has 0 radical (unpaired) electrons. The van der Waals surface area contributed by atoms with Gasteiger partial charge in [-0.15, -0.1) is 0 Å². The molecule has 1 unspecified atom stereocenters. The van der Waals surface area contributed by atoms with Crippen LogP contribution in [0, 0.1) is 10.8 Å². The summed E-state index contributed by atoms with van der Waals surface area (Å²) in [5.74, 6) is 0. The zero-order chi connectivity index (χ0) is 12.3. The molecule has 0 N–H and O–H groups in total. The lowest BCUT2D eigenvalue weighted by molar-refractivity contribution is -0.0220. The van der Waals surface area contributed by atoms with Crippen LogP contribution in [0.4, 0.5) is 0 Å². The zero-order valence-corrected chi connectivity index (χ0v) is 12.2. The van der Waals surface area contributed by atoms with Crippen LogP contribution >= 0.6 is 0 Å². The smallest absolute Gasteiger partial charge is 0.0158 e. The number of hydrogen-bond donors (Lipinski definition) is 0. The average molecular weight is 235 g/mol. The second-order valence-corrected chi connectivity index (χ2v) is 8.36. The second kappa shape index (κ2) is 3.50. The summed E-state index contributed by atoms with van der Waals surface area (Å²) in [7, 11) is 0. The molecule has 1 nitrogen and oxygen atoms in total. The average Bonchev–Trinajstić information content (AvgIpc) is 2.84. The van der Waals surface area contributed by atoms with Crippen molar-refractivity contribution in [3.63, 3.8) is 0 Å². The molecule has 2 saturated heterocycles. The quantitative estimate of drug-likeness (QED) is 0.607. The van der Waals surface area contributed by atoms with Crippen molar-refractivity contribution < 1.29 is 0 Å². The van der Waals surface area contributed by atoms with Crippen LogP contribution < -0.4 is 0 Å². The van der Waals surface area contributed by atoms with Crippen LogP contribution in [0.15, 0.2) is 0 Å². The van der Waals surface area contributed by atoms with Gasteiger partial charge in [-0.1, -0.05) is 26.7 Å². The summed E-state index contributed by atoms with van der Waals surface area (Å²) in [4.78, 5) is 2.89. The fraction of sp³-hybridized carbons (Fsp3) is 1.00. The molecule has 0 aromatic heterocycles. The Bertz CT molecular complexity index is 283. The van der Waals surface area contributed by atoms with Gasteiger partial charge < -0.3 is 0 Å². The van der Waals surface area contributed by atoms with E-state index in [0.717, 1.165) is 6.04 Å². The fourth-order valence-corrected chi connectivity index (χ4v) is 4.82. The molecule has 0 aromatic rings. The fourth-order valence-electron chi connectivity index (χ4n) is 4.82. The molecule has 3 aliphatic rings. The molecule has 2 aliphatic heterocycles. The third-order valence-corrected chi connectivity index (χ3v) is 6.23. The molecular weight excluding hydrogens is 206 g/mol. The lowest BCUT2D eigenvalue weighted by Crippen LogP contribution is -2.56.